The first-order chi connectivity index (χ1) is 21.5. The minimum atomic E-state index is -1.94. The van der Waals surface area contributed by atoms with Gasteiger partial charge in [0.25, 0.3) is 0 Å². The summed E-state index contributed by atoms with van der Waals surface area (Å²) in [5.74, 6) is -2.54. The summed E-state index contributed by atoms with van der Waals surface area (Å²) in [6, 6.07) is 25.4. The maximum absolute atomic E-state index is 15.3. The number of piperidine rings is 2. The summed E-state index contributed by atoms with van der Waals surface area (Å²) >= 11 is 0. The summed E-state index contributed by atoms with van der Waals surface area (Å²) in [4.78, 5) is 61.5. The predicted octanol–water partition coefficient (Wildman–Crippen LogP) is 3.24. The lowest BCUT2D eigenvalue weighted by molar-refractivity contribution is -0.178. The van der Waals surface area contributed by atoms with Gasteiger partial charge >= 0.3 is 11.9 Å². The molecule has 5 heterocycles. The fraction of sp³-hybridized carbons (Fsp3) is 0.294. The van der Waals surface area contributed by atoms with Crippen LogP contribution >= 0.6 is 0 Å². The third kappa shape index (κ3) is 4.71. The van der Waals surface area contributed by atoms with E-state index >= 15 is 4.79 Å². The number of hydrogen-bond acceptors (Lipinski definition) is 10. The number of ether oxygens (including phenoxy) is 2. The molecule has 4 aromatic rings. The molecule has 0 N–H and O–H groups in total. The van der Waals surface area contributed by atoms with E-state index in [9.17, 15) is 9.59 Å². The van der Waals surface area contributed by atoms with Crippen molar-refractivity contribution >= 4 is 23.5 Å². The topological polar surface area (TPSA) is 115 Å². The van der Waals surface area contributed by atoms with Crippen LogP contribution in [0.1, 0.15) is 22.9 Å². The van der Waals surface area contributed by atoms with Gasteiger partial charge in [-0.3, -0.25) is 24.5 Å². The molecular formula is C34H33N5O5. The number of nitrogens with zero attached hydrogens (tertiary/aromatic N) is 5. The lowest BCUT2D eigenvalue weighted by atomic mass is 9.55. The average molecular weight is 592 g/mol. The van der Waals surface area contributed by atoms with Crippen LogP contribution in [-0.2, 0) is 36.8 Å². The Bertz CT molecular complexity index is 1550. The molecule has 0 spiro atoms. The van der Waals surface area contributed by atoms with Gasteiger partial charge in [0.1, 0.15) is 5.82 Å². The quantitative estimate of drug-likeness (QED) is 0.223. The molecule has 10 nitrogen and oxygen atoms in total. The zero-order chi connectivity index (χ0) is 30.7. The van der Waals surface area contributed by atoms with Crippen molar-refractivity contribution in [1.29, 1.82) is 0 Å². The molecule has 2 fully saturated rings. The van der Waals surface area contributed by atoms with Crippen LogP contribution in [0.3, 0.4) is 0 Å². The van der Waals surface area contributed by atoms with Crippen LogP contribution in [0.15, 0.2) is 104 Å². The molecule has 2 aliphatic heterocycles. The SMILES string of the molecule is COC(=O)C12CN(Cc3ccccc3)CC(C(=O)OC)(C1=O)N(c1ccccn1)C(Cc1ccccn1)C2c1ccccn1. The molecule has 6 rings (SSSR count). The molecule has 3 aromatic heterocycles. The Morgan fingerprint density at radius 2 is 1.45 bits per heavy atom. The molecule has 0 aliphatic carbocycles. The standard InChI is InChI=1S/C34H33N5O5/c1-43-31(41)33-22-38(21-24-12-4-3-5-13-24)23-34(30(33)40,32(42)44-2)39(28-16-8-11-19-37-28)27(20-25-14-6-9-17-35-25)29(33)26-15-7-10-18-36-26/h3-19,27,29H,20-23H2,1-2H3. The Labute approximate surface area is 255 Å². The summed E-state index contributed by atoms with van der Waals surface area (Å²) in [6.45, 7) is 0.361. The highest BCUT2D eigenvalue weighted by molar-refractivity contribution is 6.22. The zero-order valence-corrected chi connectivity index (χ0v) is 24.6. The molecule has 0 radical (unpaired) electrons. The lowest BCUT2D eigenvalue weighted by Gasteiger charge is -2.62. The third-order valence-corrected chi connectivity index (χ3v) is 8.73. The van der Waals surface area contributed by atoms with E-state index in [0.29, 0.717) is 23.8 Å². The molecule has 2 aliphatic rings. The van der Waals surface area contributed by atoms with Gasteiger partial charge in [-0.15, -0.1) is 0 Å². The minimum absolute atomic E-state index is 0.0160. The number of Topliss-reactive ketones (excluding diaryl/α,β-unsaturated/α-hetero) is 1. The molecule has 44 heavy (non-hydrogen) atoms. The van der Waals surface area contributed by atoms with Crippen LogP contribution in [0.25, 0.3) is 0 Å². The molecule has 1 aromatic carbocycles. The van der Waals surface area contributed by atoms with Gasteiger partial charge in [-0.25, -0.2) is 9.78 Å². The van der Waals surface area contributed by atoms with Crippen LogP contribution in [0.2, 0.25) is 0 Å². The Hall–Kier alpha value is -4.96. The number of likely N-dealkylation sites (tertiary alicyclic amines) is 1. The Balaban J connectivity index is 1.67. The number of aromatic nitrogens is 3. The summed E-state index contributed by atoms with van der Waals surface area (Å²) in [6.07, 6.45) is 5.23. The fourth-order valence-corrected chi connectivity index (χ4v) is 7.09. The number of ketones is 1. The van der Waals surface area contributed by atoms with Crippen molar-refractivity contribution < 1.29 is 23.9 Å². The molecular weight excluding hydrogens is 558 g/mol. The van der Waals surface area contributed by atoms with Crippen molar-refractivity contribution in [2.45, 2.75) is 30.5 Å². The molecule has 4 unspecified atom stereocenters. The van der Waals surface area contributed by atoms with Crippen molar-refractivity contribution in [3.8, 4) is 0 Å². The van der Waals surface area contributed by atoms with E-state index < -0.39 is 40.6 Å². The Morgan fingerprint density at radius 1 is 0.795 bits per heavy atom. The van der Waals surface area contributed by atoms with Crippen LogP contribution in [0, 0.1) is 5.41 Å². The second-order valence-electron chi connectivity index (χ2n) is 11.2. The molecule has 224 valence electrons. The first-order valence-electron chi connectivity index (χ1n) is 14.4. The fourth-order valence-electron chi connectivity index (χ4n) is 7.09. The highest BCUT2D eigenvalue weighted by atomic mass is 16.5. The Morgan fingerprint density at radius 3 is 2.07 bits per heavy atom. The van der Waals surface area contributed by atoms with Gasteiger partial charge in [0.15, 0.2) is 11.2 Å². The van der Waals surface area contributed by atoms with Crippen LogP contribution in [0.4, 0.5) is 5.82 Å². The number of rotatable bonds is 8. The number of esters is 2. The van der Waals surface area contributed by atoms with E-state index in [0.717, 1.165) is 5.56 Å². The number of fused-ring (bicyclic) bond motifs is 2. The van der Waals surface area contributed by atoms with E-state index in [1.54, 1.807) is 47.8 Å². The van der Waals surface area contributed by atoms with Crippen molar-refractivity contribution in [1.82, 2.24) is 19.9 Å². The van der Waals surface area contributed by atoms with Gasteiger partial charge < -0.3 is 14.4 Å². The van der Waals surface area contributed by atoms with Gasteiger partial charge in [-0.1, -0.05) is 48.5 Å². The van der Waals surface area contributed by atoms with Crippen molar-refractivity contribution in [3.63, 3.8) is 0 Å². The highest BCUT2D eigenvalue weighted by Crippen LogP contribution is 2.55. The van der Waals surface area contributed by atoms with E-state index in [1.165, 1.54) is 14.2 Å². The number of pyridine rings is 3. The van der Waals surface area contributed by atoms with E-state index in [-0.39, 0.29) is 19.5 Å². The van der Waals surface area contributed by atoms with Gasteiger partial charge in [0.2, 0.25) is 5.54 Å². The Kier molecular flexibility index (Phi) is 7.92. The maximum Gasteiger partial charge on any atom is 0.341 e. The lowest BCUT2D eigenvalue weighted by Crippen LogP contribution is -2.83. The summed E-state index contributed by atoms with van der Waals surface area (Å²) in [7, 11) is 2.53. The molecule has 2 bridgehead atoms. The van der Waals surface area contributed by atoms with E-state index in [2.05, 4.69) is 9.97 Å². The van der Waals surface area contributed by atoms with Gasteiger partial charge in [0, 0.05) is 68.0 Å². The number of carbonyl (C=O) groups excluding carboxylic acids is 3. The van der Waals surface area contributed by atoms with Gasteiger partial charge in [-0.2, -0.15) is 0 Å². The molecule has 0 amide bonds. The number of carbonyl (C=O) groups is 3. The highest BCUT2D eigenvalue weighted by Gasteiger charge is 2.75. The third-order valence-electron chi connectivity index (χ3n) is 8.73. The summed E-state index contributed by atoms with van der Waals surface area (Å²) in [5, 5.41) is 0. The van der Waals surface area contributed by atoms with Crippen molar-refractivity contribution in [2.24, 2.45) is 5.41 Å². The largest absolute Gasteiger partial charge is 0.468 e. The molecule has 4 atom stereocenters. The van der Waals surface area contributed by atoms with Crippen molar-refractivity contribution in [2.75, 3.05) is 32.2 Å². The van der Waals surface area contributed by atoms with Gasteiger partial charge in [-0.05, 0) is 42.0 Å². The smallest absolute Gasteiger partial charge is 0.341 e. The molecule has 2 saturated heterocycles. The average Bonchev–Trinajstić information content (AvgIpc) is 3.07. The first-order valence-corrected chi connectivity index (χ1v) is 14.4. The van der Waals surface area contributed by atoms with Crippen molar-refractivity contribution in [3.05, 3.63) is 120 Å². The minimum Gasteiger partial charge on any atom is -0.468 e. The number of methoxy groups -OCH3 is 2. The summed E-state index contributed by atoms with van der Waals surface area (Å²) in [5.41, 5.74) is -1.55. The normalized spacial score (nSPS) is 24.9. The molecule has 10 heteroatoms. The van der Waals surface area contributed by atoms with E-state index in [1.807, 2.05) is 65.6 Å². The zero-order valence-electron chi connectivity index (χ0n) is 24.6. The number of anilines is 1. The monoisotopic (exact) mass is 591 g/mol. The second-order valence-corrected chi connectivity index (χ2v) is 11.2. The number of benzene rings is 1. The summed E-state index contributed by atoms with van der Waals surface area (Å²) < 4.78 is 10.9. The molecule has 0 saturated carbocycles. The van der Waals surface area contributed by atoms with Crippen LogP contribution < -0.4 is 4.90 Å². The van der Waals surface area contributed by atoms with Gasteiger partial charge in [0.05, 0.1) is 14.2 Å². The number of hydrogen-bond donors (Lipinski definition) is 0. The first kappa shape index (κ1) is 29.1. The maximum atomic E-state index is 15.3. The van der Waals surface area contributed by atoms with Crippen LogP contribution in [0.5, 0.6) is 0 Å². The second kappa shape index (κ2) is 12.0. The van der Waals surface area contributed by atoms with E-state index in [4.69, 9.17) is 14.5 Å². The predicted molar refractivity (Wildman–Crippen MR) is 161 cm³/mol. The van der Waals surface area contributed by atoms with Crippen LogP contribution in [-0.4, -0.2) is 76.5 Å².